The molecule has 13 heteroatoms. The third kappa shape index (κ3) is 9.51. The molecule has 1 saturated heterocycles. The summed E-state index contributed by atoms with van der Waals surface area (Å²) in [5.74, 6) is -0.146. The highest BCUT2D eigenvalue weighted by atomic mass is 32.2. The first-order valence-corrected chi connectivity index (χ1v) is 15.1. The third-order valence-corrected chi connectivity index (χ3v) is 8.51. The average molecular weight is 539 g/mol. The van der Waals surface area contributed by atoms with E-state index in [9.17, 15) is 17.8 Å². The second kappa shape index (κ2) is 12.7. The topological polar surface area (TPSA) is 135 Å². The van der Waals surface area contributed by atoms with Gasteiger partial charge in [0.15, 0.2) is 0 Å². The first kappa shape index (κ1) is 31.6. The predicted molar refractivity (Wildman–Crippen MR) is 137 cm³/mol. The summed E-state index contributed by atoms with van der Waals surface area (Å²) in [6.45, 7) is 18.4. The zero-order chi connectivity index (χ0) is 27.2. The van der Waals surface area contributed by atoms with Crippen LogP contribution in [0, 0.1) is 11.8 Å². The Morgan fingerprint density at radius 3 is 2.34 bits per heavy atom. The van der Waals surface area contributed by atoms with Crippen LogP contribution in [-0.2, 0) is 33.4 Å². The summed E-state index contributed by atoms with van der Waals surface area (Å²) in [4.78, 5) is 14.6. The zero-order valence-electron chi connectivity index (χ0n) is 22.2. The highest BCUT2D eigenvalue weighted by molar-refractivity contribution is 7.89. The number of nitrogens with one attached hydrogen (secondary N) is 3. The van der Waals surface area contributed by atoms with Crippen LogP contribution in [0.3, 0.4) is 0 Å². The van der Waals surface area contributed by atoms with Crippen molar-refractivity contribution in [2.75, 3.05) is 40.1 Å². The molecule has 11 nitrogen and oxygen atoms in total. The van der Waals surface area contributed by atoms with Gasteiger partial charge in [0.1, 0.15) is 18.7 Å². The number of sulfonamides is 1. The Bertz CT molecular complexity index is 915. The predicted octanol–water partition coefficient (Wildman–Crippen LogP) is 2.20. The Morgan fingerprint density at radius 2 is 1.86 bits per heavy atom. The van der Waals surface area contributed by atoms with Crippen molar-refractivity contribution >= 4 is 23.5 Å². The Balaban J connectivity index is 2.95. The number of ether oxygens (including phenoxy) is 2. The summed E-state index contributed by atoms with van der Waals surface area (Å²) < 4.78 is 53.5. The van der Waals surface area contributed by atoms with Gasteiger partial charge in [-0.15, -0.1) is 0 Å². The number of carbonyl (C=O) groups is 1. The minimum Gasteiger partial charge on any atom is -0.374 e. The molecule has 3 N–H and O–H groups in total. The zero-order valence-corrected chi connectivity index (χ0v) is 23.9. The van der Waals surface area contributed by atoms with Crippen LogP contribution in [0.2, 0.25) is 0 Å². The summed E-state index contributed by atoms with van der Waals surface area (Å²) >= 11 is 0. The molecule has 0 bridgehead atoms. The Hall–Kier alpha value is -1.43. The molecule has 1 aliphatic heterocycles. The van der Waals surface area contributed by atoms with Gasteiger partial charge in [0.05, 0.1) is 18.4 Å². The molecule has 0 radical (unpaired) electrons. The Labute approximate surface area is 210 Å². The van der Waals surface area contributed by atoms with Gasteiger partial charge >= 0.3 is 0 Å². The fourth-order valence-electron chi connectivity index (χ4n) is 3.56. The molecule has 0 aromatic rings. The largest absolute Gasteiger partial charge is 0.374 e. The monoisotopic (exact) mass is 538 g/mol. The maximum absolute atomic E-state index is 12.5. The lowest BCUT2D eigenvalue weighted by Gasteiger charge is -2.36. The van der Waals surface area contributed by atoms with Gasteiger partial charge in [-0.1, -0.05) is 33.9 Å². The number of likely N-dealkylation sites (tertiary alicyclic amines) is 1. The van der Waals surface area contributed by atoms with Gasteiger partial charge in [-0.05, 0) is 32.7 Å². The molecule has 1 fully saturated rings. The standard InChI is InChI=1S/C22H43N4O7PS/c1-15(2)16(3)18(5)26-12-19(33-13-32-14-34(28,23-8)31-9)11-20(26)17(4)24-22(6,7)21(27)25-35(10,29)30/h15-16,19-20,24H,4-5,11-14H2,1-3,6-10H3,(H,23,28)(H,25,27). The highest BCUT2D eigenvalue weighted by Gasteiger charge is 2.39. The molecule has 35 heavy (non-hydrogen) atoms. The van der Waals surface area contributed by atoms with Crippen molar-refractivity contribution in [1.82, 2.24) is 20.0 Å². The van der Waals surface area contributed by atoms with Crippen molar-refractivity contribution in [3.63, 3.8) is 0 Å². The first-order valence-electron chi connectivity index (χ1n) is 11.4. The van der Waals surface area contributed by atoms with Crippen molar-refractivity contribution < 1.29 is 31.8 Å². The number of hydrogen-bond donors (Lipinski definition) is 3. The van der Waals surface area contributed by atoms with Gasteiger partial charge in [0, 0.05) is 31.5 Å². The van der Waals surface area contributed by atoms with Gasteiger partial charge in [0.25, 0.3) is 13.4 Å². The molecule has 0 aromatic heterocycles. The van der Waals surface area contributed by atoms with Crippen LogP contribution in [0.4, 0.5) is 0 Å². The SMILES string of the molecule is C=C(NC(C)(C)C(=O)NS(C)(=O)=O)C1CC(OCOCP(=O)(NC)OC)CN1C(=C)C(C)C(C)C. The van der Waals surface area contributed by atoms with Crippen LogP contribution in [0.1, 0.15) is 41.0 Å². The smallest absolute Gasteiger partial charge is 0.294 e. The number of amides is 1. The molecule has 0 saturated carbocycles. The second-order valence-corrected chi connectivity index (χ2v) is 13.9. The molecule has 0 spiro atoms. The lowest BCUT2D eigenvalue weighted by atomic mass is 9.93. The fourth-order valence-corrected chi connectivity index (χ4v) is 4.88. The molecular weight excluding hydrogens is 495 g/mol. The number of allylic oxidation sites excluding steroid dienone is 1. The van der Waals surface area contributed by atoms with Crippen LogP contribution in [0.5, 0.6) is 0 Å². The summed E-state index contributed by atoms with van der Waals surface area (Å²) in [5, 5.41) is 5.71. The van der Waals surface area contributed by atoms with E-state index >= 15 is 0 Å². The van der Waals surface area contributed by atoms with Crippen molar-refractivity contribution in [3.05, 3.63) is 24.6 Å². The molecule has 4 unspecified atom stereocenters. The van der Waals surface area contributed by atoms with E-state index in [2.05, 4.69) is 49.2 Å². The van der Waals surface area contributed by atoms with Gasteiger partial charge in [-0.2, -0.15) is 0 Å². The van der Waals surface area contributed by atoms with E-state index in [0.717, 1.165) is 12.0 Å². The number of hydrogen-bond acceptors (Lipinski definition) is 9. The summed E-state index contributed by atoms with van der Waals surface area (Å²) in [5.41, 5.74) is 0.229. The maximum atomic E-state index is 12.5. The van der Waals surface area contributed by atoms with Crippen molar-refractivity contribution in [1.29, 1.82) is 0 Å². The van der Waals surface area contributed by atoms with Crippen LogP contribution < -0.4 is 15.1 Å². The first-order chi connectivity index (χ1) is 16.0. The lowest BCUT2D eigenvalue weighted by molar-refractivity contribution is -0.124. The van der Waals surface area contributed by atoms with E-state index in [1.807, 2.05) is 4.72 Å². The molecule has 0 aromatic carbocycles. The Kier molecular flexibility index (Phi) is 11.5. The van der Waals surface area contributed by atoms with Crippen molar-refractivity contribution in [3.8, 4) is 0 Å². The molecule has 1 aliphatic rings. The molecule has 1 amide bonds. The van der Waals surface area contributed by atoms with E-state index in [0.29, 0.717) is 24.6 Å². The van der Waals surface area contributed by atoms with E-state index in [1.54, 1.807) is 13.8 Å². The lowest BCUT2D eigenvalue weighted by Crippen LogP contribution is -2.55. The summed E-state index contributed by atoms with van der Waals surface area (Å²) in [6.07, 6.45) is 1.10. The van der Waals surface area contributed by atoms with Crippen LogP contribution in [0.25, 0.3) is 0 Å². The van der Waals surface area contributed by atoms with Gasteiger partial charge in [-0.3, -0.25) is 14.1 Å². The molecular formula is C22H43N4O7PS. The van der Waals surface area contributed by atoms with Crippen LogP contribution >= 0.6 is 7.52 Å². The number of rotatable bonds is 15. The van der Waals surface area contributed by atoms with Gasteiger partial charge in [0.2, 0.25) is 10.0 Å². The summed E-state index contributed by atoms with van der Waals surface area (Å²) in [6, 6.07) is -0.249. The maximum Gasteiger partial charge on any atom is 0.294 e. The third-order valence-electron chi connectivity index (χ3n) is 6.16. The fraction of sp³-hybridized carbons (Fsp3) is 0.773. The minimum atomic E-state index is -3.70. The van der Waals surface area contributed by atoms with E-state index < -0.39 is 29.0 Å². The van der Waals surface area contributed by atoms with Crippen LogP contribution in [-0.4, -0.2) is 77.0 Å². The quantitative estimate of drug-likeness (QED) is 0.162. The van der Waals surface area contributed by atoms with Crippen molar-refractivity contribution in [2.24, 2.45) is 11.8 Å². The molecule has 1 heterocycles. The van der Waals surface area contributed by atoms with E-state index in [1.165, 1.54) is 14.2 Å². The van der Waals surface area contributed by atoms with E-state index in [4.69, 9.17) is 14.0 Å². The number of carbonyl (C=O) groups excluding carboxylic acids is 1. The molecule has 204 valence electrons. The highest BCUT2D eigenvalue weighted by Crippen LogP contribution is 2.40. The molecule has 0 aliphatic carbocycles. The van der Waals surface area contributed by atoms with Crippen LogP contribution in [0.15, 0.2) is 24.6 Å². The van der Waals surface area contributed by atoms with Crippen molar-refractivity contribution in [2.45, 2.75) is 58.7 Å². The number of nitrogens with zero attached hydrogens (tertiary/aromatic N) is 1. The Morgan fingerprint density at radius 1 is 1.26 bits per heavy atom. The van der Waals surface area contributed by atoms with Gasteiger partial charge in [-0.25, -0.2) is 13.5 Å². The van der Waals surface area contributed by atoms with E-state index in [-0.39, 0.29) is 31.2 Å². The minimum absolute atomic E-state index is 0.0748. The second-order valence-electron chi connectivity index (χ2n) is 9.73. The molecule has 1 rings (SSSR count). The van der Waals surface area contributed by atoms with Gasteiger partial charge < -0.3 is 24.2 Å². The summed E-state index contributed by atoms with van der Waals surface area (Å²) in [7, 11) is -3.88. The average Bonchev–Trinajstić information content (AvgIpc) is 3.18. The normalized spacial score (nSPS) is 21.5. The molecule has 4 atom stereocenters.